The van der Waals surface area contributed by atoms with Crippen molar-refractivity contribution in [2.75, 3.05) is 0 Å². The number of hydrogen-bond donors (Lipinski definition) is 2. The lowest BCUT2D eigenvalue weighted by atomic mass is 10.0. The summed E-state index contributed by atoms with van der Waals surface area (Å²) in [6.07, 6.45) is 7.10. The van der Waals surface area contributed by atoms with Crippen LogP contribution in [0.5, 0.6) is 0 Å². The van der Waals surface area contributed by atoms with E-state index < -0.39 is 0 Å². The molecule has 0 saturated heterocycles. The lowest BCUT2D eigenvalue weighted by molar-refractivity contribution is 0.316. The quantitative estimate of drug-likeness (QED) is 0.335. The molecule has 3 N–H and O–H groups in total. The zero-order valence-electron chi connectivity index (χ0n) is 8.69. The molecule has 0 unspecified atom stereocenters. The van der Waals surface area contributed by atoms with E-state index in [-0.39, 0.29) is 5.84 Å². The Morgan fingerprint density at radius 1 is 1.53 bits per heavy atom. The van der Waals surface area contributed by atoms with Gasteiger partial charge in [-0.1, -0.05) is 5.16 Å². The van der Waals surface area contributed by atoms with Gasteiger partial charge in [0.05, 0.1) is 12.0 Å². The number of fused-ring (bicyclic) bond motifs is 1. The molecule has 0 radical (unpaired) electrons. The molecule has 0 fully saturated rings. The van der Waals surface area contributed by atoms with Gasteiger partial charge in [0.15, 0.2) is 0 Å². The summed E-state index contributed by atoms with van der Waals surface area (Å²) in [6, 6.07) is 0. The van der Waals surface area contributed by atoms with Crippen LogP contribution in [0.15, 0.2) is 11.5 Å². The smallest absolute Gasteiger partial charge is 0.140 e. The van der Waals surface area contributed by atoms with E-state index in [0.717, 1.165) is 19.4 Å². The van der Waals surface area contributed by atoms with E-state index in [1.807, 2.05) is 6.33 Å². The fourth-order valence-corrected chi connectivity index (χ4v) is 2.01. The summed E-state index contributed by atoms with van der Waals surface area (Å²) in [6.45, 7) is 0.748. The Hall–Kier alpha value is -1.52. The van der Waals surface area contributed by atoms with E-state index in [1.54, 1.807) is 0 Å². The molecule has 1 aliphatic rings. The number of amidine groups is 1. The van der Waals surface area contributed by atoms with Crippen molar-refractivity contribution in [2.45, 2.75) is 38.6 Å². The van der Waals surface area contributed by atoms with Crippen molar-refractivity contribution in [3.8, 4) is 0 Å². The highest BCUT2D eigenvalue weighted by molar-refractivity contribution is 5.79. The normalized spacial score (nSPS) is 16.4. The van der Waals surface area contributed by atoms with Gasteiger partial charge in [0, 0.05) is 18.7 Å². The summed E-state index contributed by atoms with van der Waals surface area (Å²) in [5, 5.41) is 11.4. The number of nitrogens with zero attached hydrogens (tertiary/aromatic N) is 3. The molecule has 1 aliphatic carbocycles. The highest BCUT2D eigenvalue weighted by atomic mass is 16.4. The van der Waals surface area contributed by atoms with Crippen molar-refractivity contribution in [1.29, 1.82) is 0 Å². The summed E-state index contributed by atoms with van der Waals surface area (Å²) in [5.41, 5.74) is 7.98. The molecule has 0 bridgehead atoms. The minimum atomic E-state index is 0.272. The minimum Gasteiger partial charge on any atom is -0.409 e. The Morgan fingerprint density at radius 3 is 3.13 bits per heavy atom. The fraction of sp³-hybridized carbons (Fsp3) is 0.600. The van der Waals surface area contributed by atoms with Crippen LogP contribution >= 0.6 is 0 Å². The maximum absolute atomic E-state index is 8.44. The Kier molecular flexibility index (Phi) is 2.89. The van der Waals surface area contributed by atoms with E-state index >= 15 is 0 Å². The van der Waals surface area contributed by atoms with E-state index in [0.29, 0.717) is 6.42 Å². The molecular formula is C10H16N4O. The molecule has 5 heteroatoms. The van der Waals surface area contributed by atoms with Crippen molar-refractivity contribution >= 4 is 5.84 Å². The monoisotopic (exact) mass is 208 g/mol. The van der Waals surface area contributed by atoms with Crippen LogP contribution in [0.3, 0.4) is 0 Å². The second-order valence-electron chi connectivity index (χ2n) is 3.88. The van der Waals surface area contributed by atoms with Gasteiger partial charge in [-0.15, -0.1) is 0 Å². The van der Waals surface area contributed by atoms with Gasteiger partial charge in [-0.05, 0) is 25.7 Å². The average Bonchev–Trinajstić information content (AvgIpc) is 2.69. The van der Waals surface area contributed by atoms with Crippen molar-refractivity contribution in [3.05, 3.63) is 17.7 Å². The predicted octanol–water partition coefficient (Wildman–Crippen LogP) is 0.898. The molecule has 1 aromatic heterocycles. The SMILES string of the molecule is NC(CCn1cnc2c1CCCC2)=NO. The van der Waals surface area contributed by atoms with Crippen molar-refractivity contribution in [1.82, 2.24) is 9.55 Å². The van der Waals surface area contributed by atoms with Crippen LogP contribution in [-0.2, 0) is 19.4 Å². The standard InChI is InChI=1S/C10H16N4O/c11-10(13-15)5-6-14-7-12-8-3-1-2-4-9(8)14/h7,15H,1-6H2,(H2,11,13). The van der Waals surface area contributed by atoms with Gasteiger partial charge in [-0.2, -0.15) is 0 Å². The Balaban J connectivity index is 2.05. The Morgan fingerprint density at radius 2 is 2.33 bits per heavy atom. The number of imidazole rings is 1. The number of oxime groups is 1. The molecule has 5 nitrogen and oxygen atoms in total. The predicted molar refractivity (Wildman–Crippen MR) is 56.9 cm³/mol. The fourth-order valence-electron chi connectivity index (χ4n) is 2.01. The van der Waals surface area contributed by atoms with Gasteiger partial charge < -0.3 is 15.5 Å². The summed E-state index contributed by atoms with van der Waals surface area (Å²) >= 11 is 0. The largest absolute Gasteiger partial charge is 0.409 e. The number of aromatic nitrogens is 2. The van der Waals surface area contributed by atoms with Gasteiger partial charge in [0.1, 0.15) is 5.84 Å². The number of hydrogen-bond acceptors (Lipinski definition) is 3. The van der Waals surface area contributed by atoms with Crippen LogP contribution < -0.4 is 5.73 Å². The van der Waals surface area contributed by atoms with Crippen molar-refractivity contribution in [2.24, 2.45) is 10.9 Å². The first-order chi connectivity index (χ1) is 7.31. The third-order valence-electron chi connectivity index (χ3n) is 2.85. The lowest BCUT2D eigenvalue weighted by Crippen LogP contribution is -2.16. The van der Waals surface area contributed by atoms with E-state index in [4.69, 9.17) is 10.9 Å². The molecule has 82 valence electrons. The van der Waals surface area contributed by atoms with Crippen LogP contribution in [0.1, 0.15) is 30.7 Å². The molecule has 0 atom stereocenters. The molecule has 1 aromatic rings. The van der Waals surface area contributed by atoms with Gasteiger partial charge in [-0.3, -0.25) is 0 Å². The van der Waals surface area contributed by atoms with Crippen LogP contribution in [0.25, 0.3) is 0 Å². The number of nitrogens with two attached hydrogens (primary N) is 1. The maximum Gasteiger partial charge on any atom is 0.140 e. The Bertz CT molecular complexity index is 369. The molecule has 15 heavy (non-hydrogen) atoms. The summed E-state index contributed by atoms with van der Waals surface area (Å²) in [5.74, 6) is 0.272. The van der Waals surface area contributed by atoms with Gasteiger partial charge in [0.2, 0.25) is 0 Å². The van der Waals surface area contributed by atoms with E-state index in [2.05, 4.69) is 14.7 Å². The number of rotatable bonds is 3. The molecular weight excluding hydrogens is 192 g/mol. The van der Waals surface area contributed by atoms with Crippen LogP contribution in [-0.4, -0.2) is 20.6 Å². The molecule has 1 heterocycles. The summed E-state index contributed by atoms with van der Waals surface area (Å²) < 4.78 is 2.12. The van der Waals surface area contributed by atoms with E-state index in [9.17, 15) is 0 Å². The first-order valence-electron chi connectivity index (χ1n) is 5.30. The molecule has 0 aromatic carbocycles. The summed E-state index contributed by atoms with van der Waals surface area (Å²) in [7, 11) is 0. The molecule has 0 aliphatic heterocycles. The maximum atomic E-state index is 8.44. The zero-order valence-corrected chi connectivity index (χ0v) is 8.69. The third-order valence-corrected chi connectivity index (χ3v) is 2.85. The molecule has 2 rings (SSSR count). The summed E-state index contributed by atoms with van der Waals surface area (Å²) in [4.78, 5) is 4.38. The van der Waals surface area contributed by atoms with Crippen LogP contribution in [0.4, 0.5) is 0 Å². The third kappa shape index (κ3) is 2.11. The second kappa shape index (κ2) is 4.33. The zero-order chi connectivity index (χ0) is 10.7. The number of aryl methyl sites for hydroxylation is 2. The topological polar surface area (TPSA) is 76.4 Å². The van der Waals surface area contributed by atoms with Gasteiger partial charge in [-0.25, -0.2) is 4.98 Å². The molecule has 0 saturated carbocycles. The van der Waals surface area contributed by atoms with Gasteiger partial charge >= 0.3 is 0 Å². The van der Waals surface area contributed by atoms with Crippen molar-refractivity contribution in [3.63, 3.8) is 0 Å². The van der Waals surface area contributed by atoms with Gasteiger partial charge in [0.25, 0.3) is 0 Å². The minimum absolute atomic E-state index is 0.272. The average molecular weight is 208 g/mol. The highest BCUT2D eigenvalue weighted by Gasteiger charge is 2.14. The van der Waals surface area contributed by atoms with E-state index in [1.165, 1.54) is 24.2 Å². The first-order valence-corrected chi connectivity index (χ1v) is 5.30. The van der Waals surface area contributed by atoms with Crippen LogP contribution in [0, 0.1) is 0 Å². The highest BCUT2D eigenvalue weighted by Crippen LogP contribution is 2.19. The van der Waals surface area contributed by atoms with Crippen LogP contribution in [0.2, 0.25) is 0 Å². The molecule has 0 amide bonds. The first kappa shape index (κ1) is 10.0. The Labute approximate surface area is 88.6 Å². The second-order valence-corrected chi connectivity index (χ2v) is 3.88. The molecule has 0 spiro atoms. The van der Waals surface area contributed by atoms with Crippen molar-refractivity contribution < 1.29 is 5.21 Å². The lowest BCUT2D eigenvalue weighted by Gasteiger charge is -2.13.